The van der Waals surface area contributed by atoms with Gasteiger partial charge >= 0.3 is 0 Å². The summed E-state index contributed by atoms with van der Waals surface area (Å²) in [5, 5.41) is 4.83. The molecule has 1 N–H and O–H groups in total. The summed E-state index contributed by atoms with van der Waals surface area (Å²) in [5.41, 5.74) is 2.12. The molecule has 5 heteroatoms. The molecule has 0 saturated heterocycles. The summed E-state index contributed by atoms with van der Waals surface area (Å²) >= 11 is 11.9. The van der Waals surface area contributed by atoms with Crippen molar-refractivity contribution in [2.45, 2.75) is 0 Å². The molecule has 21 heavy (non-hydrogen) atoms. The summed E-state index contributed by atoms with van der Waals surface area (Å²) in [6, 6.07) is 12.5. The van der Waals surface area contributed by atoms with Gasteiger partial charge in [0, 0.05) is 29.3 Å². The molecule has 3 aromatic rings. The van der Waals surface area contributed by atoms with E-state index < -0.39 is 0 Å². The van der Waals surface area contributed by atoms with E-state index >= 15 is 0 Å². The molecule has 2 aromatic carbocycles. The number of hydrogen-bond donors (Lipinski definition) is 1. The highest BCUT2D eigenvalue weighted by atomic mass is 35.5. The SMILES string of the molecule is Cn1ccc2ccc(C(=O)Nc3ccc(Cl)cc3Cl)cc21. The Morgan fingerprint density at radius 1 is 1.10 bits per heavy atom. The van der Waals surface area contributed by atoms with Crippen LogP contribution in [0.1, 0.15) is 10.4 Å². The van der Waals surface area contributed by atoms with Crippen molar-refractivity contribution < 1.29 is 4.79 Å². The fraction of sp³-hybridized carbons (Fsp3) is 0.0625. The van der Waals surface area contributed by atoms with Gasteiger partial charge in [-0.2, -0.15) is 0 Å². The quantitative estimate of drug-likeness (QED) is 0.727. The second-order valence-corrected chi connectivity index (χ2v) is 5.62. The number of carbonyl (C=O) groups is 1. The van der Waals surface area contributed by atoms with Crippen LogP contribution < -0.4 is 5.32 Å². The Labute approximate surface area is 132 Å². The first-order valence-corrected chi connectivity index (χ1v) is 7.12. The molecule has 0 radical (unpaired) electrons. The number of amides is 1. The Morgan fingerprint density at radius 2 is 1.90 bits per heavy atom. The van der Waals surface area contributed by atoms with E-state index in [0.29, 0.717) is 21.3 Å². The molecule has 0 atom stereocenters. The van der Waals surface area contributed by atoms with Gasteiger partial charge in [0.25, 0.3) is 5.91 Å². The number of carbonyl (C=O) groups excluding carboxylic acids is 1. The Hall–Kier alpha value is -1.97. The molecule has 0 unspecified atom stereocenters. The number of hydrogen-bond acceptors (Lipinski definition) is 1. The van der Waals surface area contributed by atoms with Crippen LogP contribution in [0.2, 0.25) is 10.0 Å². The first-order valence-electron chi connectivity index (χ1n) is 6.36. The Kier molecular flexibility index (Phi) is 3.62. The zero-order valence-corrected chi connectivity index (χ0v) is 12.7. The van der Waals surface area contributed by atoms with Gasteiger partial charge in [-0.05, 0) is 41.8 Å². The zero-order chi connectivity index (χ0) is 15.0. The van der Waals surface area contributed by atoms with Gasteiger partial charge in [0.2, 0.25) is 0 Å². The molecule has 0 aliphatic carbocycles. The van der Waals surface area contributed by atoms with Gasteiger partial charge in [0.05, 0.1) is 10.7 Å². The van der Waals surface area contributed by atoms with Crippen LogP contribution in [0.3, 0.4) is 0 Å². The molecule has 106 valence electrons. The third-order valence-corrected chi connectivity index (χ3v) is 3.88. The molecule has 3 nitrogen and oxygen atoms in total. The number of aromatic nitrogens is 1. The Morgan fingerprint density at radius 3 is 2.67 bits per heavy atom. The van der Waals surface area contributed by atoms with Crippen molar-refractivity contribution in [3.8, 4) is 0 Å². The fourth-order valence-electron chi connectivity index (χ4n) is 2.19. The van der Waals surface area contributed by atoms with Crippen LogP contribution in [0.25, 0.3) is 10.9 Å². The maximum absolute atomic E-state index is 12.3. The molecule has 0 aliphatic rings. The van der Waals surface area contributed by atoms with Crippen LogP contribution in [0.4, 0.5) is 5.69 Å². The normalized spacial score (nSPS) is 10.8. The van der Waals surface area contributed by atoms with E-state index in [4.69, 9.17) is 23.2 Å². The number of benzene rings is 2. The minimum absolute atomic E-state index is 0.206. The lowest BCUT2D eigenvalue weighted by molar-refractivity contribution is 0.102. The number of rotatable bonds is 2. The molecular weight excluding hydrogens is 307 g/mol. The number of aryl methyl sites for hydroxylation is 1. The van der Waals surface area contributed by atoms with Crippen LogP contribution in [0.15, 0.2) is 48.7 Å². The highest BCUT2D eigenvalue weighted by molar-refractivity contribution is 6.36. The van der Waals surface area contributed by atoms with Gasteiger partial charge in [-0.25, -0.2) is 0 Å². The molecule has 0 fully saturated rings. The first kappa shape index (κ1) is 14.0. The maximum atomic E-state index is 12.3. The average molecular weight is 319 g/mol. The second-order valence-electron chi connectivity index (χ2n) is 4.78. The molecule has 1 heterocycles. The highest BCUT2D eigenvalue weighted by Gasteiger charge is 2.10. The van der Waals surface area contributed by atoms with Crippen molar-refractivity contribution in [1.29, 1.82) is 0 Å². The summed E-state index contributed by atoms with van der Waals surface area (Å²) in [7, 11) is 1.94. The second kappa shape index (κ2) is 5.43. The number of fused-ring (bicyclic) bond motifs is 1. The third kappa shape index (κ3) is 2.75. The standard InChI is InChI=1S/C16H12Cl2N2O/c1-20-7-6-10-2-3-11(8-15(10)20)16(21)19-14-5-4-12(17)9-13(14)18/h2-9H,1H3,(H,19,21). The van der Waals surface area contributed by atoms with Gasteiger partial charge in [-0.3, -0.25) is 4.79 Å². The van der Waals surface area contributed by atoms with Gasteiger partial charge in [-0.1, -0.05) is 29.3 Å². The first-order chi connectivity index (χ1) is 10.0. The number of nitrogens with zero attached hydrogens (tertiary/aromatic N) is 1. The predicted molar refractivity (Wildman–Crippen MR) is 87.3 cm³/mol. The van der Waals surface area contributed by atoms with Crippen molar-refractivity contribution in [3.63, 3.8) is 0 Å². The van der Waals surface area contributed by atoms with Crippen LogP contribution in [-0.2, 0) is 7.05 Å². The van der Waals surface area contributed by atoms with E-state index in [1.165, 1.54) is 0 Å². The van der Waals surface area contributed by atoms with Gasteiger partial charge in [0.1, 0.15) is 0 Å². The molecule has 1 amide bonds. The van der Waals surface area contributed by atoms with Crippen LogP contribution >= 0.6 is 23.2 Å². The largest absolute Gasteiger partial charge is 0.351 e. The van der Waals surface area contributed by atoms with Crippen molar-refractivity contribution in [2.75, 3.05) is 5.32 Å². The fourth-order valence-corrected chi connectivity index (χ4v) is 2.64. The lowest BCUT2D eigenvalue weighted by Crippen LogP contribution is -2.12. The van der Waals surface area contributed by atoms with E-state index in [1.807, 2.05) is 36.0 Å². The van der Waals surface area contributed by atoms with E-state index in [2.05, 4.69) is 5.32 Å². The van der Waals surface area contributed by atoms with Crippen LogP contribution in [0.5, 0.6) is 0 Å². The van der Waals surface area contributed by atoms with Gasteiger partial charge < -0.3 is 9.88 Å². The zero-order valence-electron chi connectivity index (χ0n) is 11.2. The highest BCUT2D eigenvalue weighted by Crippen LogP contribution is 2.26. The molecule has 0 saturated carbocycles. The van der Waals surface area contributed by atoms with Gasteiger partial charge in [0.15, 0.2) is 0 Å². The van der Waals surface area contributed by atoms with E-state index in [9.17, 15) is 4.79 Å². The summed E-state index contributed by atoms with van der Waals surface area (Å²) in [4.78, 5) is 12.3. The Bertz CT molecular complexity index is 839. The number of halogens is 2. The molecular formula is C16H12Cl2N2O. The van der Waals surface area contributed by atoms with E-state index in [-0.39, 0.29) is 5.91 Å². The lowest BCUT2D eigenvalue weighted by atomic mass is 10.1. The molecule has 1 aromatic heterocycles. The van der Waals surface area contributed by atoms with Crippen LogP contribution in [-0.4, -0.2) is 10.5 Å². The summed E-state index contributed by atoms with van der Waals surface area (Å²) in [6.07, 6.45) is 1.96. The monoisotopic (exact) mass is 318 g/mol. The van der Waals surface area contributed by atoms with Crippen molar-refractivity contribution in [3.05, 3.63) is 64.3 Å². The van der Waals surface area contributed by atoms with E-state index in [0.717, 1.165) is 10.9 Å². The molecule has 3 rings (SSSR count). The summed E-state index contributed by atoms with van der Waals surface area (Å²) < 4.78 is 1.97. The van der Waals surface area contributed by atoms with Crippen molar-refractivity contribution in [2.24, 2.45) is 7.05 Å². The third-order valence-electron chi connectivity index (χ3n) is 3.33. The van der Waals surface area contributed by atoms with Gasteiger partial charge in [-0.15, -0.1) is 0 Å². The number of nitrogens with one attached hydrogen (secondary N) is 1. The minimum atomic E-state index is -0.206. The predicted octanol–water partition coefficient (Wildman–Crippen LogP) is 4.74. The molecule has 0 spiro atoms. The molecule has 0 aliphatic heterocycles. The smallest absolute Gasteiger partial charge is 0.255 e. The summed E-state index contributed by atoms with van der Waals surface area (Å²) in [6.45, 7) is 0. The minimum Gasteiger partial charge on any atom is -0.351 e. The Balaban J connectivity index is 1.91. The average Bonchev–Trinajstić information content (AvgIpc) is 2.83. The summed E-state index contributed by atoms with van der Waals surface area (Å²) in [5.74, 6) is -0.206. The van der Waals surface area contributed by atoms with Crippen LogP contribution in [0, 0.1) is 0 Å². The molecule has 0 bridgehead atoms. The maximum Gasteiger partial charge on any atom is 0.255 e. The van der Waals surface area contributed by atoms with Crippen molar-refractivity contribution >= 4 is 45.7 Å². The van der Waals surface area contributed by atoms with E-state index in [1.54, 1.807) is 24.3 Å². The number of anilines is 1. The topological polar surface area (TPSA) is 34.0 Å². The van der Waals surface area contributed by atoms with Crippen molar-refractivity contribution in [1.82, 2.24) is 4.57 Å². The lowest BCUT2D eigenvalue weighted by Gasteiger charge is -2.08.